The highest BCUT2D eigenvalue weighted by Crippen LogP contribution is 2.36. The summed E-state index contributed by atoms with van der Waals surface area (Å²) in [5.41, 5.74) is 0.617. The van der Waals surface area contributed by atoms with Gasteiger partial charge in [0.05, 0.1) is 12.2 Å². The third-order valence-electron chi connectivity index (χ3n) is 3.82. The lowest BCUT2D eigenvalue weighted by molar-refractivity contribution is -0.133. The van der Waals surface area contributed by atoms with Gasteiger partial charge in [-0.25, -0.2) is 0 Å². The Morgan fingerprint density at radius 3 is 2.57 bits per heavy atom. The van der Waals surface area contributed by atoms with Gasteiger partial charge in [-0.2, -0.15) is 0 Å². The van der Waals surface area contributed by atoms with Crippen LogP contribution in [0, 0.1) is 0 Å². The summed E-state index contributed by atoms with van der Waals surface area (Å²) in [6, 6.07) is 3.12. The molecule has 1 aliphatic rings. The summed E-state index contributed by atoms with van der Waals surface area (Å²) in [4.78, 5) is 37.6. The normalized spacial score (nSPS) is 13.1. The van der Waals surface area contributed by atoms with Crippen molar-refractivity contribution in [3.8, 4) is 11.5 Å². The lowest BCUT2D eigenvalue weighted by Crippen LogP contribution is -2.34. The molecule has 0 saturated heterocycles. The summed E-state index contributed by atoms with van der Waals surface area (Å²) < 4.78 is 11.1. The van der Waals surface area contributed by atoms with Crippen molar-refractivity contribution >= 4 is 17.5 Å². The Morgan fingerprint density at radius 1 is 1.26 bits per heavy atom. The minimum atomic E-state index is -0.179. The molecule has 6 nitrogen and oxygen atoms in total. The summed E-state index contributed by atoms with van der Waals surface area (Å²) in [6.07, 6.45) is 0.231. The smallest absolute Gasteiger partial charge is 0.260 e. The predicted molar refractivity (Wildman–Crippen MR) is 84.3 cm³/mol. The number of nitrogens with zero attached hydrogens (tertiary/aromatic N) is 1. The second kappa shape index (κ2) is 7.26. The van der Waals surface area contributed by atoms with Crippen LogP contribution in [0.1, 0.15) is 47.9 Å². The van der Waals surface area contributed by atoms with Crippen molar-refractivity contribution in [2.24, 2.45) is 0 Å². The van der Waals surface area contributed by atoms with Gasteiger partial charge >= 0.3 is 0 Å². The Morgan fingerprint density at radius 2 is 1.96 bits per heavy atom. The second-order valence-electron chi connectivity index (χ2n) is 5.25. The van der Waals surface area contributed by atoms with Crippen LogP contribution >= 0.6 is 0 Å². The average molecular weight is 319 g/mol. The summed E-state index contributed by atoms with van der Waals surface area (Å²) in [7, 11) is 0. The molecule has 1 aromatic rings. The maximum atomic E-state index is 12.2. The molecule has 1 amide bonds. The molecule has 0 atom stereocenters. The van der Waals surface area contributed by atoms with Gasteiger partial charge in [0.15, 0.2) is 18.2 Å². The number of likely N-dealkylation sites (N-methyl/N-ethyl adjacent to an activating group) is 1. The van der Waals surface area contributed by atoms with Crippen LogP contribution in [0.3, 0.4) is 0 Å². The topological polar surface area (TPSA) is 72.9 Å². The van der Waals surface area contributed by atoms with Crippen molar-refractivity contribution in [2.45, 2.75) is 27.2 Å². The minimum absolute atomic E-state index is 0.139. The largest absolute Gasteiger partial charge is 0.491 e. The third kappa shape index (κ3) is 3.52. The van der Waals surface area contributed by atoms with Crippen LogP contribution in [0.15, 0.2) is 12.1 Å². The van der Waals surface area contributed by atoms with Gasteiger partial charge in [0.1, 0.15) is 17.1 Å². The molecule has 1 aromatic carbocycles. The van der Waals surface area contributed by atoms with E-state index in [0.29, 0.717) is 18.7 Å². The lowest BCUT2D eigenvalue weighted by Gasteiger charge is -2.23. The summed E-state index contributed by atoms with van der Waals surface area (Å²) in [5, 5.41) is 0. The van der Waals surface area contributed by atoms with Crippen molar-refractivity contribution in [1.29, 1.82) is 0 Å². The Bertz CT molecular complexity index is 634. The molecule has 0 saturated carbocycles. The van der Waals surface area contributed by atoms with Gasteiger partial charge in [-0.15, -0.1) is 0 Å². The number of hydrogen-bond acceptors (Lipinski definition) is 5. The molecule has 124 valence electrons. The number of ketones is 2. The number of fused-ring (bicyclic) bond motifs is 1. The van der Waals surface area contributed by atoms with Gasteiger partial charge in [-0.05, 0) is 32.9 Å². The monoisotopic (exact) mass is 319 g/mol. The summed E-state index contributed by atoms with van der Waals surface area (Å²) in [5.74, 6) is 0.0849. The molecule has 0 bridgehead atoms. The van der Waals surface area contributed by atoms with Crippen molar-refractivity contribution < 1.29 is 23.9 Å². The van der Waals surface area contributed by atoms with Gasteiger partial charge in [0.25, 0.3) is 5.91 Å². The van der Waals surface area contributed by atoms with E-state index in [4.69, 9.17) is 9.47 Å². The predicted octanol–water partition coefficient (Wildman–Crippen LogP) is 2.10. The fraction of sp³-hybridized carbons (Fsp3) is 0.471. The molecule has 0 unspecified atom stereocenters. The van der Waals surface area contributed by atoms with Gasteiger partial charge in [0, 0.05) is 19.5 Å². The SMILES string of the molecule is CCN(CC)C(=O)COc1ccc(C(C)=O)c2c1C(=O)CCO2. The fourth-order valence-corrected chi connectivity index (χ4v) is 2.55. The zero-order valence-electron chi connectivity index (χ0n) is 13.7. The fourth-order valence-electron chi connectivity index (χ4n) is 2.55. The molecule has 0 aliphatic carbocycles. The quantitative estimate of drug-likeness (QED) is 0.751. The Kier molecular flexibility index (Phi) is 5.36. The zero-order chi connectivity index (χ0) is 17.0. The molecular formula is C17H21NO5. The first-order valence-electron chi connectivity index (χ1n) is 7.74. The average Bonchev–Trinajstić information content (AvgIpc) is 2.53. The first-order chi connectivity index (χ1) is 11.0. The number of Topliss-reactive ketones (excluding diaryl/α,β-unsaturated/α-hetero) is 2. The van der Waals surface area contributed by atoms with Crippen LogP contribution in [0.4, 0.5) is 0 Å². The highest BCUT2D eigenvalue weighted by Gasteiger charge is 2.27. The first kappa shape index (κ1) is 17.0. The van der Waals surface area contributed by atoms with E-state index >= 15 is 0 Å². The highest BCUT2D eigenvalue weighted by atomic mass is 16.5. The van der Waals surface area contributed by atoms with Crippen molar-refractivity contribution in [3.05, 3.63) is 23.3 Å². The van der Waals surface area contributed by atoms with Crippen LogP contribution in [0.5, 0.6) is 11.5 Å². The Balaban J connectivity index is 2.28. The highest BCUT2D eigenvalue weighted by molar-refractivity contribution is 6.07. The van der Waals surface area contributed by atoms with Crippen LogP contribution in [0.2, 0.25) is 0 Å². The molecule has 0 aromatic heterocycles. The van der Waals surface area contributed by atoms with Crippen LogP contribution in [0.25, 0.3) is 0 Å². The van der Waals surface area contributed by atoms with Crippen molar-refractivity contribution in [2.75, 3.05) is 26.3 Å². The van der Waals surface area contributed by atoms with E-state index in [1.54, 1.807) is 17.0 Å². The molecule has 6 heteroatoms. The maximum absolute atomic E-state index is 12.2. The summed E-state index contributed by atoms with van der Waals surface area (Å²) >= 11 is 0. The van der Waals surface area contributed by atoms with Crippen molar-refractivity contribution in [1.82, 2.24) is 4.90 Å². The van der Waals surface area contributed by atoms with E-state index < -0.39 is 0 Å². The minimum Gasteiger partial charge on any atom is -0.491 e. The number of rotatable bonds is 6. The maximum Gasteiger partial charge on any atom is 0.260 e. The number of ether oxygens (including phenoxy) is 2. The molecule has 2 rings (SSSR count). The van der Waals surface area contributed by atoms with E-state index in [9.17, 15) is 14.4 Å². The molecule has 1 aliphatic heterocycles. The standard InChI is InChI=1S/C17H21NO5/c1-4-18(5-2)15(21)10-23-14-7-6-12(11(3)19)17-16(14)13(20)8-9-22-17/h6-7H,4-5,8-10H2,1-3H3. The number of carbonyl (C=O) groups excluding carboxylic acids is 3. The number of amides is 1. The van der Waals surface area contributed by atoms with E-state index in [0.717, 1.165) is 0 Å². The Labute approximate surface area is 135 Å². The molecule has 0 N–H and O–H groups in total. The number of benzene rings is 1. The van der Waals surface area contributed by atoms with E-state index in [1.807, 2.05) is 13.8 Å². The molecule has 0 fully saturated rings. The van der Waals surface area contributed by atoms with Gasteiger partial charge in [-0.1, -0.05) is 0 Å². The lowest BCUT2D eigenvalue weighted by atomic mass is 9.98. The van der Waals surface area contributed by atoms with E-state index in [1.165, 1.54) is 6.92 Å². The molecule has 0 spiro atoms. The molecule has 23 heavy (non-hydrogen) atoms. The number of hydrogen-bond donors (Lipinski definition) is 0. The zero-order valence-corrected chi connectivity index (χ0v) is 13.7. The summed E-state index contributed by atoms with van der Waals surface area (Å²) in [6.45, 7) is 6.49. The molecular weight excluding hydrogens is 298 g/mol. The Hall–Kier alpha value is -2.37. The second-order valence-corrected chi connectivity index (χ2v) is 5.25. The van der Waals surface area contributed by atoms with Crippen LogP contribution < -0.4 is 9.47 Å². The van der Waals surface area contributed by atoms with E-state index in [-0.39, 0.29) is 54.2 Å². The third-order valence-corrected chi connectivity index (χ3v) is 3.82. The number of carbonyl (C=O) groups is 3. The molecule has 1 heterocycles. The van der Waals surface area contributed by atoms with Crippen LogP contribution in [-0.4, -0.2) is 48.7 Å². The van der Waals surface area contributed by atoms with Gasteiger partial charge < -0.3 is 14.4 Å². The van der Waals surface area contributed by atoms with Gasteiger partial charge in [0.2, 0.25) is 0 Å². The molecule has 0 radical (unpaired) electrons. The first-order valence-corrected chi connectivity index (χ1v) is 7.74. The van der Waals surface area contributed by atoms with Crippen LogP contribution in [-0.2, 0) is 4.79 Å². The van der Waals surface area contributed by atoms with Gasteiger partial charge in [-0.3, -0.25) is 14.4 Å². The van der Waals surface area contributed by atoms with E-state index in [2.05, 4.69) is 0 Å². The van der Waals surface area contributed by atoms with Crippen molar-refractivity contribution in [3.63, 3.8) is 0 Å².